The highest BCUT2D eigenvalue weighted by Gasteiger charge is 2.24. The number of amides is 1. The van der Waals surface area contributed by atoms with Gasteiger partial charge >= 0.3 is 5.97 Å². The molecule has 0 heterocycles. The molecule has 3 atom stereocenters. The minimum Gasteiger partial charge on any atom is -0.462 e. The summed E-state index contributed by atoms with van der Waals surface area (Å²) in [6.45, 7) is 6.32. The Morgan fingerprint density at radius 3 is 1.62 bits per heavy atom. The Hall–Kier alpha value is -1.66. The molecule has 0 spiro atoms. The van der Waals surface area contributed by atoms with Gasteiger partial charge in [-0.15, -0.1) is 0 Å². The van der Waals surface area contributed by atoms with Crippen LogP contribution in [0, 0.1) is 0 Å². The van der Waals surface area contributed by atoms with Crippen LogP contribution in [0.2, 0.25) is 0 Å². The lowest BCUT2D eigenvalue weighted by atomic mass is 10.0. The number of unbranched alkanes of at least 4 members (excludes halogenated alkanes) is 22. The lowest BCUT2D eigenvalue weighted by molar-refractivity contribution is -0.151. The average molecular weight is 706 g/mol. The summed E-state index contributed by atoms with van der Waals surface area (Å²) in [7, 11) is 0. The van der Waals surface area contributed by atoms with Gasteiger partial charge in [0.15, 0.2) is 0 Å². The number of hydrogen-bond donors (Lipinski definition) is 3. The summed E-state index contributed by atoms with van der Waals surface area (Å²) < 4.78 is 5.86. The standard InChI is InChI=1S/C44H83NO5/c1-4-7-10-13-16-18-20-21-22-23-25-28-31-34-37-44(49)50-40(35-32-29-26-15-12-9-6-3)38-43(48)45-41(39-46)42(47)36-33-30-27-24-19-17-14-11-8-5-2/h7,10,16,18,40-42,46-47H,4-6,8-9,11-15,17,19-39H2,1-3H3,(H,45,48)/b10-7+,18-16+. The molecular weight excluding hydrogens is 622 g/mol. The highest BCUT2D eigenvalue weighted by Crippen LogP contribution is 2.17. The van der Waals surface area contributed by atoms with Gasteiger partial charge in [0.25, 0.3) is 0 Å². The number of esters is 1. The van der Waals surface area contributed by atoms with Crippen molar-refractivity contribution in [1.29, 1.82) is 0 Å². The van der Waals surface area contributed by atoms with Gasteiger partial charge in [0, 0.05) is 6.42 Å². The van der Waals surface area contributed by atoms with Gasteiger partial charge in [0.05, 0.1) is 25.2 Å². The summed E-state index contributed by atoms with van der Waals surface area (Å²) in [5.74, 6) is -0.484. The minimum absolute atomic E-state index is 0.0771. The first-order valence-electron chi connectivity index (χ1n) is 21.6. The van der Waals surface area contributed by atoms with E-state index in [1.807, 2.05) is 0 Å². The molecule has 0 aliphatic heterocycles. The maximum atomic E-state index is 13.0. The molecule has 3 unspecified atom stereocenters. The van der Waals surface area contributed by atoms with Crippen molar-refractivity contribution in [3.8, 4) is 0 Å². The SMILES string of the molecule is CC/C=C/C/C=C/CCCCCCCCCC(=O)OC(CCCCCCCCC)CC(=O)NC(CO)C(O)CCCCCCCCCCCC. The van der Waals surface area contributed by atoms with E-state index in [1.54, 1.807) is 0 Å². The van der Waals surface area contributed by atoms with Crippen LogP contribution in [-0.2, 0) is 14.3 Å². The van der Waals surface area contributed by atoms with Crippen molar-refractivity contribution in [3.63, 3.8) is 0 Å². The van der Waals surface area contributed by atoms with Gasteiger partial charge in [-0.25, -0.2) is 0 Å². The highest BCUT2D eigenvalue weighted by molar-refractivity contribution is 5.77. The Bertz CT molecular complexity index is 797. The summed E-state index contributed by atoms with van der Waals surface area (Å²) in [4.78, 5) is 25.8. The lowest BCUT2D eigenvalue weighted by Crippen LogP contribution is -2.46. The van der Waals surface area contributed by atoms with Crippen LogP contribution in [0.5, 0.6) is 0 Å². The number of rotatable bonds is 38. The molecule has 3 N–H and O–H groups in total. The Balaban J connectivity index is 4.46. The molecule has 0 aromatic rings. The van der Waals surface area contributed by atoms with Gasteiger partial charge in [0.1, 0.15) is 6.10 Å². The summed E-state index contributed by atoms with van der Waals surface area (Å²) in [6, 6.07) is -0.694. The van der Waals surface area contributed by atoms with E-state index in [1.165, 1.54) is 96.3 Å². The van der Waals surface area contributed by atoms with Gasteiger partial charge < -0.3 is 20.3 Å². The Kier molecular flexibility index (Phi) is 37.3. The fraction of sp³-hybridized carbons (Fsp3) is 0.864. The normalized spacial score (nSPS) is 13.6. The number of allylic oxidation sites excluding steroid dienone is 4. The van der Waals surface area contributed by atoms with Crippen LogP contribution < -0.4 is 5.32 Å². The number of carbonyl (C=O) groups excluding carboxylic acids is 2. The summed E-state index contributed by atoms with van der Waals surface area (Å²) in [6.07, 6.45) is 41.0. The smallest absolute Gasteiger partial charge is 0.306 e. The maximum absolute atomic E-state index is 13.0. The largest absolute Gasteiger partial charge is 0.462 e. The fourth-order valence-electron chi connectivity index (χ4n) is 6.53. The van der Waals surface area contributed by atoms with Gasteiger partial charge in [-0.2, -0.15) is 0 Å². The van der Waals surface area contributed by atoms with Crippen molar-refractivity contribution in [2.75, 3.05) is 6.61 Å². The minimum atomic E-state index is -0.781. The van der Waals surface area contributed by atoms with Crippen molar-refractivity contribution >= 4 is 11.9 Å². The van der Waals surface area contributed by atoms with E-state index in [0.29, 0.717) is 19.3 Å². The zero-order valence-corrected chi connectivity index (χ0v) is 33.3. The van der Waals surface area contributed by atoms with Gasteiger partial charge in [0.2, 0.25) is 5.91 Å². The molecule has 6 heteroatoms. The van der Waals surface area contributed by atoms with Crippen molar-refractivity contribution in [2.45, 2.75) is 238 Å². The second kappa shape index (κ2) is 38.6. The molecule has 0 aliphatic rings. The van der Waals surface area contributed by atoms with Gasteiger partial charge in [-0.05, 0) is 51.4 Å². The van der Waals surface area contributed by atoms with Gasteiger partial charge in [-0.3, -0.25) is 9.59 Å². The molecule has 0 bridgehead atoms. The van der Waals surface area contributed by atoms with E-state index >= 15 is 0 Å². The van der Waals surface area contributed by atoms with Crippen LogP contribution in [-0.4, -0.2) is 46.9 Å². The van der Waals surface area contributed by atoms with Crippen LogP contribution >= 0.6 is 0 Å². The highest BCUT2D eigenvalue weighted by atomic mass is 16.5. The molecule has 6 nitrogen and oxygen atoms in total. The van der Waals surface area contributed by atoms with Crippen molar-refractivity contribution in [3.05, 3.63) is 24.3 Å². The summed E-state index contributed by atoms with van der Waals surface area (Å²) >= 11 is 0. The van der Waals surface area contributed by atoms with E-state index in [4.69, 9.17) is 4.74 Å². The predicted octanol–water partition coefficient (Wildman–Crippen LogP) is 12.0. The molecule has 0 aromatic heterocycles. The zero-order chi connectivity index (χ0) is 36.8. The predicted molar refractivity (Wildman–Crippen MR) is 213 cm³/mol. The number of carbonyl (C=O) groups is 2. The topological polar surface area (TPSA) is 95.9 Å². The summed E-state index contributed by atoms with van der Waals surface area (Å²) in [5, 5.41) is 23.5. The van der Waals surface area contributed by atoms with E-state index in [-0.39, 0.29) is 24.9 Å². The quantitative estimate of drug-likeness (QED) is 0.0337. The van der Waals surface area contributed by atoms with Crippen molar-refractivity contribution in [2.24, 2.45) is 0 Å². The number of aliphatic hydroxyl groups excluding tert-OH is 2. The van der Waals surface area contributed by atoms with Crippen LogP contribution in [0.15, 0.2) is 24.3 Å². The number of hydrogen-bond acceptors (Lipinski definition) is 5. The number of aliphatic hydroxyl groups is 2. The van der Waals surface area contributed by atoms with Crippen molar-refractivity contribution in [1.82, 2.24) is 5.32 Å². The van der Waals surface area contributed by atoms with E-state index in [0.717, 1.165) is 77.0 Å². The molecule has 0 aromatic carbocycles. The van der Waals surface area contributed by atoms with Crippen LogP contribution in [0.3, 0.4) is 0 Å². The van der Waals surface area contributed by atoms with Crippen LogP contribution in [0.25, 0.3) is 0 Å². The molecule has 0 saturated carbocycles. The van der Waals surface area contributed by atoms with E-state index in [9.17, 15) is 19.8 Å². The lowest BCUT2D eigenvalue weighted by Gasteiger charge is -2.24. The second-order valence-corrected chi connectivity index (χ2v) is 14.7. The second-order valence-electron chi connectivity index (χ2n) is 14.7. The molecule has 1 amide bonds. The monoisotopic (exact) mass is 706 g/mol. The molecular formula is C44H83NO5. The first kappa shape index (κ1) is 48.3. The average Bonchev–Trinajstić information content (AvgIpc) is 3.10. The molecule has 0 rings (SSSR count). The third-order valence-corrected chi connectivity index (χ3v) is 9.79. The van der Waals surface area contributed by atoms with E-state index in [2.05, 4.69) is 50.4 Å². The van der Waals surface area contributed by atoms with E-state index < -0.39 is 18.2 Å². The van der Waals surface area contributed by atoms with Crippen molar-refractivity contribution < 1.29 is 24.5 Å². The Labute approximate surface area is 310 Å². The van der Waals surface area contributed by atoms with Crippen LogP contribution in [0.1, 0.15) is 220 Å². The molecule has 50 heavy (non-hydrogen) atoms. The first-order chi connectivity index (χ1) is 24.5. The Morgan fingerprint density at radius 1 is 0.600 bits per heavy atom. The van der Waals surface area contributed by atoms with Gasteiger partial charge in [-0.1, -0.05) is 180 Å². The maximum Gasteiger partial charge on any atom is 0.306 e. The Morgan fingerprint density at radius 2 is 1.08 bits per heavy atom. The number of nitrogens with one attached hydrogen (secondary N) is 1. The molecule has 0 saturated heterocycles. The molecule has 0 aliphatic carbocycles. The van der Waals surface area contributed by atoms with Crippen LogP contribution in [0.4, 0.5) is 0 Å². The zero-order valence-electron chi connectivity index (χ0n) is 33.3. The molecule has 0 radical (unpaired) electrons. The third kappa shape index (κ3) is 33.5. The third-order valence-electron chi connectivity index (χ3n) is 9.79. The molecule has 0 fully saturated rings. The molecule has 294 valence electrons. The summed E-state index contributed by atoms with van der Waals surface area (Å²) in [5.41, 5.74) is 0. The fourth-order valence-corrected chi connectivity index (χ4v) is 6.53. The number of ether oxygens (including phenoxy) is 1. The first-order valence-corrected chi connectivity index (χ1v) is 21.6.